The topological polar surface area (TPSA) is 61.1 Å². The number of benzene rings is 2. The van der Waals surface area contributed by atoms with E-state index in [4.69, 9.17) is 45.0 Å². The molecule has 1 aliphatic heterocycles. The minimum absolute atomic E-state index is 0.109. The molecule has 0 radical (unpaired) electrons. The van der Waals surface area contributed by atoms with Crippen LogP contribution in [0, 0.1) is 0 Å². The van der Waals surface area contributed by atoms with E-state index in [1.165, 1.54) is 0 Å². The molecule has 0 saturated carbocycles. The lowest BCUT2D eigenvalue weighted by Crippen LogP contribution is -2.15. The molecule has 1 heterocycles. The van der Waals surface area contributed by atoms with Crippen molar-refractivity contribution in [3.05, 3.63) is 71.8 Å². The molecule has 2 aromatic carbocycles. The minimum Gasteiger partial charge on any atom is -0.246 e. The van der Waals surface area contributed by atoms with Crippen molar-refractivity contribution in [1.29, 1.82) is 0 Å². The van der Waals surface area contributed by atoms with Gasteiger partial charge in [0.2, 0.25) is 13.4 Å². The van der Waals surface area contributed by atoms with E-state index < -0.39 is 19.3 Å². The Balaban J connectivity index is 1.92. The van der Waals surface area contributed by atoms with Crippen molar-refractivity contribution in [1.82, 2.24) is 10.2 Å². The molecule has 2 aromatic rings. The largest absolute Gasteiger partial charge is 0.257 e. The maximum atomic E-state index is 6.79. The second-order valence-electron chi connectivity index (χ2n) is 6.30. The Bertz CT molecular complexity index is 941. The highest BCUT2D eigenvalue weighted by atomic mass is 35.9. The van der Waals surface area contributed by atoms with Gasteiger partial charge in [0.1, 0.15) is 0 Å². The molecule has 0 aromatic heterocycles. The second-order valence-corrected chi connectivity index (χ2v) is 18.1. The van der Waals surface area contributed by atoms with Gasteiger partial charge in [-0.15, -0.1) is 0 Å². The maximum Gasteiger partial charge on any atom is 0.257 e. The van der Waals surface area contributed by atoms with Gasteiger partial charge in [0, 0.05) is 12.1 Å². The number of nitrogens with zero attached hydrogens (tertiary/aromatic N) is 3. The Morgan fingerprint density at radius 3 is 1.46 bits per heavy atom. The standard InChI is InChI=1S/C16H20Cl4N5P3/c1-13(15-9-5-3-6-10-15)21-27(19)23-26(17,18)24-28(20,25-27)22-14(2)16-11-7-4-8-12-16/h3-14,21-22H,1-2H3. The monoisotopic (exact) mass is 515 g/mol. The van der Waals surface area contributed by atoms with Crippen molar-refractivity contribution in [2.24, 2.45) is 13.5 Å². The summed E-state index contributed by atoms with van der Waals surface area (Å²) in [7, 11) is 0. The molecule has 0 amide bonds. The van der Waals surface area contributed by atoms with Crippen LogP contribution in [0.3, 0.4) is 0 Å². The van der Waals surface area contributed by atoms with Gasteiger partial charge in [-0.2, -0.15) is 13.5 Å². The molecule has 3 rings (SSSR count). The van der Waals surface area contributed by atoms with E-state index in [1.54, 1.807) is 0 Å². The van der Waals surface area contributed by atoms with Crippen molar-refractivity contribution in [2.75, 3.05) is 0 Å². The smallest absolute Gasteiger partial charge is 0.246 e. The zero-order valence-corrected chi connectivity index (χ0v) is 20.8. The summed E-state index contributed by atoms with van der Waals surface area (Å²) in [6.07, 6.45) is 0. The second kappa shape index (κ2) is 9.15. The molecule has 12 heteroatoms. The zero-order chi connectivity index (χ0) is 20.4. The van der Waals surface area contributed by atoms with E-state index in [9.17, 15) is 0 Å². The molecule has 1 aliphatic rings. The highest BCUT2D eigenvalue weighted by Gasteiger charge is 2.35. The molecule has 2 N–H and O–H groups in total. The highest BCUT2D eigenvalue weighted by Crippen LogP contribution is 2.83. The zero-order valence-electron chi connectivity index (χ0n) is 15.1. The number of hydrogen-bond acceptors (Lipinski definition) is 5. The van der Waals surface area contributed by atoms with Crippen molar-refractivity contribution in [3.8, 4) is 0 Å². The molecular weight excluding hydrogens is 497 g/mol. The Hall–Kier alpha value is 0.210. The van der Waals surface area contributed by atoms with Crippen molar-refractivity contribution in [3.63, 3.8) is 0 Å². The van der Waals surface area contributed by atoms with Crippen molar-refractivity contribution < 1.29 is 0 Å². The summed E-state index contributed by atoms with van der Waals surface area (Å²) in [6.45, 7) is -1.96. The molecule has 0 spiro atoms. The average Bonchev–Trinajstić information content (AvgIpc) is 2.60. The van der Waals surface area contributed by atoms with Gasteiger partial charge in [-0.3, -0.25) is 0 Å². The molecule has 4 unspecified atom stereocenters. The van der Waals surface area contributed by atoms with E-state index in [-0.39, 0.29) is 12.1 Å². The molecule has 0 saturated heterocycles. The fourth-order valence-corrected chi connectivity index (χ4v) is 19.2. The summed E-state index contributed by atoms with van der Waals surface area (Å²) in [6, 6.07) is 19.5. The van der Waals surface area contributed by atoms with E-state index in [0.29, 0.717) is 0 Å². The summed E-state index contributed by atoms with van der Waals surface area (Å²) in [5, 5.41) is 6.56. The fraction of sp³-hybridized carbons (Fsp3) is 0.250. The Kier molecular flexibility index (Phi) is 7.47. The fourth-order valence-electron chi connectivity index (χ4n) is 2.72. The van der Waals surface area contributed by atoms with Gasteiger partial charge < -0.3 is 0 Å². The van der Waals surface area contributed by atoms with Crippen LogP contribution in [0.4, 0.5) is 0 Å². The first kappa shape index (κ1) is 22.9. The molecule has 5 nitrogen and oxygen atoms in total. The third-order valence-electron chi connectivity index (χ3n) is 4.00. The van der Waals surface area contributed by atoms with Crippen LogP contribution < -0.4 is 10.2 Å². The van der Waals surface area contributed by atoms with E-state index in [1.807, 2.05) is 74.5 Å². The Morgan fingerprint density at radius 2 is 1.04 bits per heavy atom. The molecule has 0 aliphatic carbocycles. The van der Waals surface area contributed by atoms with Gasteiger partial charge in [-0.1, -0.05) is 60.7 Å². The summed E-state index contributed by atoms with van der Waals surface area (Å²) < 4.78 is 13.4. The SMILES string of the molecule is CC(NP1(Cl)=NP(Cl)(Cl)=NP(Cl)(NC(C)c2ccccc2)=N1)c1ccccc1. The molecule has 4 atom stereocenters. The van der Waals surface area contributed by atoms with Crippen LogP contribution in [0.15, 0.2) is 74.2 Å². The maximum absolute atomic E-state index is 6.79. The van der Waals surface area contributed by atoms with Crippen molar-refractivity contribution >= 4 is 64.3 Å². The van der Waals surface area contributed by atoms with Gasteiger partial charge in [-0.25, -0.2) is 10.2 Å². The van der Waals surface area contributed by atoms with Gasteiger partial charge in [0.25, 0.3) is 5.91 Å². The van der Waals surface area contributed by atoms with Crippen LogP contribution in [0.5, 0.6) is 0 Å². The van der Waals surface area contributed by atoms with E-state index in [2.05, 4.69) is 23.7 Å². The van der Waals surface area contributed by atoms with Crippen LogP contribution in [0.2, 0.25) is 0 Å². The van der Waals surface area contributed by atoms with E-state index >= 15 is 0 Å². The summed E-state index contributed by atoms with van der Waals surface area (Å²) >= 11 is 26.4. The van der Waals surface area contributed by atoms with Crippen LogP contribution >= 0.6 is 64.3 Å². The summed E-state index contributed by atoms with van der Waals surface area (Å²) in [5.74, 6) is -3.06. The van der Waals surface area contributed by atoms with E-state index in [0.717, 1.165) is 11.1 Å². The number of halogens is 4. The lowest BCUT2D eigenvalue weighted by Gasteiger charge is -2.29. The van der Waals surface area contributed by atoms with Crippen molar-refractivity contribution in [2.45, 2.75) is 25.9 Å². The molecule has 0 fully saturated rings. The van der Waals surface area contributed by atoms with Crippen LogP contribution in [0.1, 0.15) is 37.1 Å². The third kappa shape index (κ3) is 6.11. The number of rotatable bonds is 6. The predicted octanol–water partition coefficient (Wildman–Crippen LogP) is 9.50. The van der Waals surface area contributed by atoms with Crippen LogP contribution in [-0.4, -0.2) is 0 Å². The molecule has 0 bridgehead atoms. The molecular formula is C16H20Cl4N5P3. The number of nitrogens with one attached hydrogen (secondary N) is 2. The Morgan fingerprint density at radius 1 is 0.643 bits per heavy atom. The minimum atomic E-state index is -3.06. The number of hydrogen-bond donors (Lipinski definition) is 2. The predicted molar refractivity (Wildman–Crippen MR) is 127 cm³/mol. The first-order valence-corrected chi connectivity index (χ1v) is 17.2. The molecule has 152 valence electrons. The van der Waals surface area contributed by atoms with Crippen LogP contribution in [0.25, 0.3) is 0 Å². The summed E-state index contributed by atoms with van der Waals surface area (Å²) in [4.78, 5) is 0. The van der Waals surface area contributed by atoms with Gasteiger partial charge >= 0.3 is 0 Å². The van der Waals surface area contributed by atoms with Gasteiger partial charge in [-0.05, 0) is 69.9 Å². The summed E-state index contributed by atoms with van der Waals surface area (Å²) in [5.41, 5.74) is 2.10. The highest BCUT2D eigenvalue weighted by molar-refractivity contribution is 8.17. The average molecular weight is 517 g/mol. The third-order valence-corrected chi connectivity index (χ3v) is 16.4. The van der Waals surface area contributed by atoms with Crippen LogP contribution in [-0.2, 0) is 0 Å². The lowest BCUT2D eigenvalue weighted by molar-refractivity contribution is 0.739. The van der Waals surface area contributed by atoms with Gasteiger partial charge in [0.15, 0.2) is 0 Å². The normalized spacial score (nSPS) is 28.4. The first-order chi connectivity index (χ1) is 13.1. The lowest BCUT2D eigenvalue weighted by atomic mass is 10.1. The van der Waals surface area contributed by atoms with Gasteiger partial charge in [0.05, 0.1) is 0 Å². The first-order valence-electron chi connectivity index (χ1n) is 8.45. The molecule has 28 heavy (non-hydrogen) atoms. The Labute approximate surface area is 185 Å². The quantitative estimate of drug-likeness (QED) is 0.375.